The summed E-state index contributed by atoms with van der Waals surface area (Å²) in [6, 6.07) is 9.94. The van der Waals surface area contributed by atoms with Gasteiger partial charge < -0.3 is 18.7 Å². The molecular formula is C13H17NOY-2. The second-order valence-corrected chi connectivity index (χ2v) is 3.39. The van der Waals surface area contributed by atoms with Crippen LogP contribution in [-0.4, -0.2) is 11.9 Å². The van der Waals surface area contributed by atoms with Crippen LogP contribution in [0.15, 0.2) is 30.3 Å². The van der Waals surface area contributed by atoms with E-state index in [1.807, 2.05) is 37.3 Å². The molecule has 3 heteroatoms. The second kappa shape index (κ2) is 7.18. The summed E-state index contributed by atoms with van der Waals surface area (Å²) in [6.07, 6.45) is 0. The van der Waals surface area contributed by atoms with Crippen molar-refractivity contribution in [2.75, 3.05) is 4.90 Å². The molecule has 0 bridgehead atoms. The Morgan fingerprint density at radius 2 is 1.69 bits per heavy atom. The zero-order valence-electron chi connectivity index (χ0n) is 9.89. The third-order valence-electron chi connectivity index (χ3n) is 2.58. The van der Waals surface area contributed by atoms with Crippen LogP contribution in [0, 0.1) is 19.8 Å². The van der Waals surface area contributed by atoms with Crippen LogP contribution in [0.5, 0.6) is 0 Å². The Balaban J connectivity index is 0.000000711. The molecule has 2 atom stereocenters. The zero-order valence-corrected chi connectivity index (χ0v) is 12.7. The number of benzene rings is 1. The molecule has 0 N–H and O–H groups in total. The monoisotopic (exact) mass is 292 g/mol. The molecule has 1 fully saturated rings. The average Bonchev–Trinajstić information content (AvgIpc) is 2.33. The number of carbonyl (C=O) groups excluding carboxylic acids is 1. The maximum Gasteiger partial charge on any atom is 0.202 e. The van der Waals surface area contributed by atoms with Gasteiger partial charge in [0.15, 0.2) is 0 Å². The molecule has 1 aliphatic heterocycles. The van der Waals surface area contributed by atoms with E-state index in [9.17, 15) is 4.79 Å². The number of hydrogen-bond donors (Lipinski definition) is 0. The van der Waals surface area contributed by atoms with Gasteiger partial charge in [0, 0.05) is 44.4 Å². The number of hydrogen-bond acceptors (Lipinski definition) is 1. The first-order valence-electron chi connectivity index (χ1n) is 5.13. The minimum absolute atomic E-state index is 0. The summed E-state index contributed by atoms with van der Waals surface area (Å²) in [5.74, 6) is 0.0545. The first-order valence-corrected chi connectivity index (χ1v) is 5.13. The van der Waals surface area contributed by atoms with Crippen LogP contribution in [0.25, 0.3) is 0 Å². The van der Waals surface area contributed by atoms with Crippen molar-refractivity contribution in [3.8, 4) is 0 Å². The molecule has 1 saturated heterocycles. The molecule has 1 heterocycles. The normalized spacial score (nSPS) is 22.5. The molecule has 1 amide bonds. The number of rotatable bonds is 1. The van der Waals surface area contributed by atoms with Gasteiger partial charge in [-0.25, -0.2) is 0 Å². The van der Waals surface area contributed by atoms with E-state index in [1.165, 1.54) is 0 Å². The molecule has 0 spiro atoms. The quantitative estimate of drug-likeness (QED) is 0.575. The molecule has 0 aromatic heterocycles. The Kier molecular flexibility index (Phi) is 7.09. The molecule has 0 aliphatic carbocycles. The van der Waals surface area contributed by atoms with E-state index in [1.54, 1.807) is 11.8 Å². The topological polar surface area (TPSA) is 20.3 Å². The van der Waals surface area contributed by atoms with E-state index in [0.29, 0.717) is 0 Å². The van der Waals surface area contributed by atoms with Crippen LogP contribution in [0.4, 0.5) is 5.69 Å². The number of para-hydroxylation sites is 1. The zero-order chi connectivity index (χ0) is 11.4. The maximum absolute atomic E-state index is 11.4. The molecule has 16 heavy (non-hydrogen) atoms. The minimum Gasteiger partial charge on any atom is -0.346 e. The molecule has 1 aliphatic rings. The molecule has 85 valence electrons. The summed E-state index contributed by atoms with van der Waals surface area (Å²) in [4.78, 5) is 13.2. The summed E-state index contributed by atoms with van der Waals surface area (Å²) in [5, 5.41) is 0. The Hall–Kier alpha value is -0.206. The van der Waals surface area contributed by atoms with Crippen molar-refractivity contribution >= 4 is 11.6 Å². The summed E-state index contributed by atoms with van der Waals surface area (Å²) in [7, 11) is 0. The van der Waals surface area contributed by atoms with E-state index in [2.05, 4.69) is 13.8 Å². The van der Waals surface area contributed by atoms with Crippen LogP contribution in [0.3, 0.4) is 0 Å². The van der Waals surface area contributed by atoms with Gasteiger partial charge in [-0.2, -0.15) is 6.92 Å². The van der Waals surface area contributed by atoms with Gasteiger partial charge in [0.25, 0.3) is 0 Å². The Labute approximate surface area is 123 Å². The SMILES string of the molecule is [CH2-]C.[CH2-][C@@H]1C(=O)N(c2ccccc2)[C@@H]1C.[Y]. The average molecular weight is 292 g/mol. The molecule has 1 radical (unpaired) electrons. The largest absolute Gasteiger partial charge is 0.346 e. The van der Waals surface area contributed by atoms with Gasteiger partial charge in [0.05, 0.1) is 0 Å². The predicted molar refractivity (Wildman–Crippen MR) is 63.3 cm³/mol. The third kappa shape index (κ3) is 2.92. The van der Waals surface area contributed by atoms with Crippen molar-refractivity contribution < 1.29 is 37.5 Å². The van der Waals surface area contributed by atoms with Crippen molar-refractivity contribution in [3.63, 3.8) is 0 Å². The van der Waals surface area contributed by atoms with Gasteiger partial charge in [-0.3, -0.25) is 4.79 Å². The number of nitrogens with zero attached hydrogens (tertiary/aromatic N) is 1. The van der Waals surface area contributed by atoms with Gasteiger partial charge in [-0.05, 0) is 19.1 Å². The van der Waals surface area contributed by atoms with Gasteiger partial charge in [-0.1, -0.05) is 24.1 Å². The Morgan fingerprint density at radius 3 is 2.12 bits per heavy atom. The molecule has 1 aromatic rings. The van der Waals surface area contributed by atoms with E-state index in [-0.39, 0.29) is 50.6 Å². The summed E-state index contributed by atoms with van der Waals surface area (Å²) < 4.78 is 0. The summed E-state index contributed by atoms with van der Waals surface area (Å²) in [5.41, 5.74) is 0.972. The van der Waals surface area contributed by atoms with Crippen LogP contribution in [-0.2, 0) is 37.5 Å². The molecule has 0 saturated carbocycles. The van der Waals surface area contributed by atoms with E-state index >= 15 is 0 Å². The van der Waals surface area contributed by atoms with Crippen molar-refractivity contribution in [3.05, 3.63) is 44.2 Å². The fourth-order valence-electron chi connectivity index (χ4n) is 1.63. The van der Waals surface area contributed by atoms with Crippen molar-refractivity contribution in [2.24, 2.45) is 5.92 Å². The first-order chi connectivity index (χ1) is 7.22. The Morgan fingerprint density at radius 1 is 1.19 bits per heavy atom. The second-order valence-electron chi connectivity index (χ2n) is 3.39. The first kappa shape index (κ1) is 15.8. The maximum atomic E-state index is 11.4. The van der Waals surface area contributed by atoms with Crippen molar-refractivity contribution in [2.45, 2.75) is 19.9 Å². The van der Waals surface area contributed by atoms with Crippen molar-refractivity contribution in [1.29, 1.82) is 0 Å². The van der Waals surface area contributed by atoms with E-state index < -0.39 is 0 Å². The van der Waals surface area contributed by atoms with Crippen LogP contribution in [0.2, 0.25) is 0 Å². The van der Waals surface area contributed by atoms with Gasteiger partial charge in [0.1, 0.15) is 0 Å². The van der Waals surface area contributed by atoms with Crippen LogP contribution in [0.1, 0.15) is 13.8 Å². The molecule has 0 unspecified atom stereocenters. The number of β-lactam (4-membered cyclic amide) rings is 1. The van der Waals surface area contributed by atoms with Crippen LogP contribution >= 0.6 is 0 Å². The summed E-state index contributed by atoms with van der Waals surface area (Å²) >= 11 is 0. The molecule has 2 nitrogen and oxygen atoms in total. The van der Waals surface area contributed by atoms with Gasteiger partial charge in [-0.15, -0.1) is 0 Å². The Bertz CT molecular complexity index is 326. The van der Waals surface area contributed by atoms with E-state index in [4.69, 9.17) is 0 Å². The van der Waals surface area contributed by atoms with Gasteiger partial charge >= 0.3 is 0 Å². The fraction of sp³-hybridized carbons (Fsp3) is 0.308. The fourth-order valence-corrected chi connectivity index (χ4v) is 1.63. The molecule has 1 aromatic carbocycles. The third-order valence-corrected chi connectivity index (χ3v) is 2.58. The molecule has 2 rings (SSSR count). The number of amides is 1. The predicted octanol–water partition coefficient (Wildman–Crippen LogP) is 2.71. The van der Waals surface area contributed by atoms with Crippen molar-refractivity contribution in [1.82, 2.24) is 0 Å². The standard InChI is InChI=1S/C11H12NO.C2H5.Y/c1-8-9(2)12(11(8)13)10-6-4-3-5-7-10;1-2;/h3-9H,1H2,2H3;1H2,2H3;/q2*-1;/t8-,9+;;/m0../s1. The summed E-state index contributed by atoms with van der Waals surface area (Å²) in [6.45, 7) is 10.8. The van der Waals surface area contributed by atoms with Gasteiger partial charge in [0.2, 0.25) is 5.91 Å². The number of carbonyl (C=O) groups is 1. The minimum atomic E-state index is -0.0693. The molecular weight excluding hydrogens is 275 g/mol. The number of anilines is 1. The van der Waals surface area contributed by atoms with Crippen LogP contribution < -0.4 is 4.90 Å². The van der Waals surface area contributed by atoms with E-state index in [0.717, 1.165) is 5.69 Å². The smallest absolute Gasteiger partial charge is 0.202 e.